The molecule has 0 aliphatic heterocycles. The van der Waals surface area contributed by atoms with E-state index in [2.05, 4.69) is 5.32 Å². The highest BCUT2D eigenvalue weighted by atomic mass is 35.5. The normalized spacial score (nSPS) is 12.2. The highest BCUT2D eigenvalue weighted by molar-refractivity contribution is 6.30. The first kappa shape index (κ1) is 12.1. The summed E-state index contributed by atoms with van der Waals surface area (Å²) < 4.78 is 0. The largest absolute Gasteiger partial charge is 0.350 e. The number of nitrogens with one attached hydrogen (secondary N) is 1. The number of hydrogen-bond donors (Lipinski definition) is 1. The molecular formula is C12H16ClNO. The number of benzene rings is 1. The molecule has 0 aliphatic carbocycles. The lowest BCUT2D eigenvalue weighted by molar-refractivity contribution is -0.121. The molecule has 3 heteroatoms. The summed E-state index contributed by atoms with van der Waals surface area (Å²) in [6, 6.07) is 7.57. The van der Waals surface area contributed by atoms with E-state index in [0.717, 1.165) is 12.0 Å². The number of rotatable bonds is 4. The molecule has 1 N–H and O–H groups in total. The molecule has 1 aromatic carbocycles. The minimum atomic E-state index is 0.0429. The van der Waals surface area contributed by atoms with Crippen LogP contribution < -0.4 is 5.32 Å². The van der Waals surface area contributed by atoms with E-state index in [1.54, 1.807) is 0 Å². The molecule has 1 atom stereocenters. The Kier molecular flexibility index (Phi) is 4.63. The van der Waals surface area contributed by atoms with Crippen LogP contribution in [0.4, 0.5) is 0 Å². The second-order valence-electron chi connectivity index (χ2n) is 3.59. The highest BCUT2D eigenvalue weighted by Gasteiger charge is 2.07. The van der Waals surface area contributed by atoms with Crippen molar-refractivity contribution in [1.82, 2.24) is 5.32 Å². The van der Waals surface area contributed by atoms with E-state index in [1.165, 1.54) is 0 Å². The van der Waals surface area contributed by atoms with Crippen molar-refractivity contribution < 1.29 is 4.79 Å². The van der Waals surface area contributed by atoms with Crippen molar-refractivity contribution in [3.8, 4) is 0 Å². The van der Waals surface area contributed by atoms with Crippen molar-refractivity contribution in [3.63, 3.8) is 0 Å². The minimum absolute atomic E-state index is 0.0429. The molecule has 0 spiro atoms. The van der Waals surface area contributed by atoms with Crippen molar-refractivity contribution in [2.45, 2.75) is 32.7 Å². The molecule has 0 radical (unpaired) electrons. The first-order valence-electron chi connectivity index (χ1n) is 5.18. The lowest BCUT2D eigenvalue weighted by Gasteiger charge is -2.13. The maximum Gasteiger partial charge on any atom is 0.220 e. The molecule has 0 saturated carbocycles. The highest BCUT2D eigenvalue weighted by Crippen LogP contribution is 2.16. The molecule has 15 heavy (non-hydrogen) atoms. The van der Waals surface area contributed by atoms with Crippen LogP contribution in [0.5, 0.6) is 0 Å². The fourth-order valence-electron chi connectivity index (χ4n) is 1.38. The van der Waals surface area contributed by atoms with Gasteiger partial charge in [-0.1, -0.05) is 30.7 Å². The van der Waals surface area contributed by atoms with Crippen molar-refractivity contribution in [3.05, 3.63) is 34.9 Å². The number of amides is 1. The van der Waals surface area contributed by atoms with Gasteiger partial charge in [0.2, 0.25) is 5.91 Å². The Hall–Kier alpha value is -1.02. The summed E-state index contributed by atoms with van der Waals surface area (Å²) in [6.07, 6.45) is 1.46. The fraction of sp³-hybridized carbons (Fsp3) is 0.417. The number of hydrogen-bond acceptors (Lipinski definition) is 1. The van der Waals surface area contributed by atoms with Gasteiger partial charge in [-0.2, -0.15) is 0 Å². The van der Waals surface area contributed by atoms with Crippen molar-refractivity contribution >= 4 is 17.5 Å². The molecule has 1 rings (SSSR count). The summed E-state index contributed by atoms with van der Waals surface area (Å²) in [6.45, 7) is 3.96. The molecule has 1 aromatic rings. The van der Waals surface area contributed by atoms with E-state index in [4.69, 9.17) is 11.6 Å². The number of carbonyl (C=O) groups excluding carboxylic acids is 1. The van der Waals surface area contributed by atoms with Gasteiger partial charge in [-0.3, -0.25) is 4.79 Å². The Bertz CT molecular complexity index is 321. The third-order valence-electron chi connectivity index (χ3n) is 2.22. The predicted octanol–water partition coefficient (Wildman–Crippen LogP) is 3.32. The van der Waals surface area contributed by atoms with Gasteiger partial charge in [-0.05, 0) is 31.0 Å². The Morgan fingerprint density at radius 2 is 2.00 bits per heavy atom. The smallest absolute Gasteiger partial charge is 0.220 e. The van der Waals surface area contributed by atoms with Crippen LogP contribution in [0, 0.1) is 0 Å². The van der Waals surface area contributed by atoms with Gasteiger partial charge in [0, 0.05) is 11.4 Å². The quantitative estimate of drug-likeness (QED) is 0.837. The van der Waals surface area contributed by atoms with Gasteiger partial charge >= 0.3 is 0 Å². The van der Waals surface area contributed by atoms with Gasteiger partial charge < -0.3 is 5.32 Å². The Morgan fingerprint density at radius 3 is 2.53 bits per heavy atom. The molecule has 1 amide bonds. The van der Waals surface area contributed by atoms with E-state index >= 15 is 0 Å². The molecule has 0 saturated heterocycles. The summed E-state index contributed by atoms with van der Waals surface area (Å²) in [5, 5.41) is 3.65. The zero-order chi connectivity index (χ0) is 11.3. The Labute approximate surface area is 95.6 Å². The van der Waals surface area contributed by atoms with Crippen LogP contribution in [0.25, 0.3) is 0 Å². The molecule has 0 bridgehead atoms. The lowest BCUT2D eigenvalue weighted by atomic mass is 10.1. The van der Waals surface area contributed by atoms with Gasteiger partial charge in [-0.25, -0.2) is 0 Å². The Balaban J connectivity index is 2.57. The van der Waals surface area contributed by atoms with Gasteiger partial charge in [0.05, 0.1) is 6.04 Å². The molecule has 1 unspecified atom stereocenters. The summed E-state index contributed by atoms with van der Waals surface area (Å²) in [5.74, 6) is 0.0972. The molecule has 0 aliphatic rings. The maximum atomic E-state index is 11.4. The standard InChI is InChI=1S/C12H16ClNO/c1-3-4-12(15)14-9(2)10-5-7-11(13)8-6-10/h5-9H,3-4H2,1-2H3,(H,14,15). The minimum Gasteiger partial charge on any atom is -0.350 e. The number of halogens is 1. The molecule has 0 heterocycles. The average molecular weight is 226 g/mol. The zero-order valence-corrected chi connectivity index (χ0v) is 9.84. The topological polar surface area (TPSA) is 29.1 Å². The monoisotopic (exact) mass is 225 g/mol. The molecule has 2 nitrogen and oxygen atoms in total. The van der Waals surface area contributed by atoms with Crippen LogP contribution in [0.2, 0.25) is 5.02 Å². The number of carbonyl (C=O) groups is 1. The van der Waals surface area contributed by atoms with Crippen molar-refractivity contribution in [2.24, 2.45) is 0 Å². The zero-order valence-electron chi connectivity index (χ0n) is 9.09. The van der Waals surface area contributed by atoms with Crippen LogP contribution in [0.15, 0.2) is 24.3 Å². The third-order valence-corrected chi connectivity index (χ3v) is 2.48. The van der Waals surface area contributed by atoms with Crippen LogP contribution in [0.3, 0.4) is 0 Å². The van der Waals surface area contributed by atoms with E-state index in [9.17, 15) is 4.79 Å². The first-order chi connectivity index (χ1) is 7.13. The Morgan fingerprint density at radius 1 is 1.40 bits per heavy atom. The summed E-state index contributed by atoms with van der Waals surface area (Å²) in [7, 11) is 0. The van der Waals surface area contributed by atoms with E-state index < -0.39 is 0 Å². The fourth-order valence-corrected chi connectivity index (χ4v) is 1.50. The average Bonchev–Trinajstić information content (AvgIpc) is 2.18. The predicted molar refractivity (Wildman–Crippen MR) is 62.9 cm³/mol. The molecule has 82 valence electrons. The summed E-state index contributed by atoms with van der Waals surface area (Å²) in [4.78, 5) is 11.4. The van der Waals surface area contributed by atoms with Gasteiger partial charge in [-0.15, -0.1) is 0 Å². The maximum absolute atomic E-state index is 11.4. The summed E-state index contributed by atoms with van der Waals surface area (Å²) in [5.41, 5.74) is 1.07. The van der Waals surface area contributed by atoms with Gasteiger partial charge in [0.1, 0.15) is 0 Å². The van der Waals surface area contributed by atoms with Crippen LogP contribution >= 0.6 is 11.6 Å². The third kappa shape index (κ3) is 3.92. The van der Waals surface area contributed by atoms with E-state index in [-0.39, 0.29) is 11.9 Å². The SMILES string of the molecule is CCCC(=O)NC(C)c1ccc(Cl)cc1. The van der Waals surface area contributed by atoms with Crippen molar-refractivity contribution in [1.29, 1.82) is 0 Å². The second-order valence-corrected chi connectivity index (χ2v) is 4.03. The molecule has 0 fully saturated rings. The van der Waals surface area contributed by atoms with Gasteiger partial charge in [0.25, 0.3) is 0 Å². The van der Waals surface area contributed by atoms with Crippen molar-refractivity contribution in [2.75, 3.05) is 0 Å². The van der Waals surface area contributed by atoms with Crippen LogP contribution in [-0.4, -0.2) is 5.91 Å². The summed E-state index contributed by atoms with van der Waals surface area (Å²) >= 11 is 5.78. The van der Waals surface area contributed by atoms with Gasteiger partial charge in [0.15, 0.2) is 0 Å². The van der Waals surface area contributed by atoms with E-state index in [0.29, 0.717) is 11.4 Å². The first-order valence-corrected chi connectivity index (χ1v) is 5.56. The van der Waals surface area contributed by atoms with Crippen LogP contribution in [-0.2, 0) is 4.79 Å². The molecular weight excluding hydrogens is 210 g/mol. The van der Waals surface area contributed by atoms with E-state index in [1.807, 2.05) is 38.1 Å². The molecule has 0 aromatic heterocycles. The van der Waals surface area contributed by atoms with Crippen LogP contribution in [0.1, 0.15) is 38.3 Å². The second kappa shape index (κ2) is 5.76. The lowest BCUT2D eigenvalue weighted by Crippen LogP contribution is -2.26.